The highest BCUT2D eigenvalue weighted by molar-refractivity contribution is 6.02. The minimum absolute atomic E-state index is 0.0199. The number of halogens is 2. The summed E-state index contributed by atoms with van der Waals surface area (Å²) in [5.41, 5.74) is 2.60. The van der Waals surface area contributed by atoms with Gasteiger partial charge >= 0.3 is 0 Å². The lowest BCUT2D eigenvalue weighted by Gasteiger charge is -2.36. The molecule has 4 rings (SSSR count). The molecule has 0 aliphatic carbocycles. The van der Waals surface area contributed by atoms with Crippen LogP contribution < -0.4 is 10.2 Å². The SMILES string of the molecule is O=C1Nc2ccc(F)cc2C1CCCCN1CCN(c2ccc(F)cc2)CC1. The number of nitrogens with zero attached hydrogens (tertiary/aromatic N) is 2. The van der Waals surface area contributed by atoms with Gasteiger partial charge in [-0.05, 0) is 67.4 Å². The summed E-state index contributed by atoms with van der Waals surface area (Å²) < 4.78 is 26.6. The molecule has 2 aliphatic rings. The molecule has 0 aromatic heterocycles. The fourth-order valence-corrected chi connectivity index (χ4v) is 4.15. The lowest BCUT2D eigenvalue weighted by molar-refractivity contribution is -0.117. The van der Waals surface area contributed by atoms with E-state index in [1.807, 2.05) is 12.1 Å². The van der Waals surface area contributed by atoms with E-state index in [2.05, 4.69) is 15.1 Å². The van der Waals surface area contributed by atoms with Crippen molar-refractivity contribution >= 4 is 17.3 Å². The molecule has 0 saturated carbocycles. The Labute approximate surface area is 164 Å². The van der Waals surface area contributed by atoms with Crippen molar-refractivity contribution in [2.24, 2.45) is 0 Å². The van der Waals surface area contributed by atoms with Crippen molar-refractivity contribution in [2.45, 2.75) is 25.2 Å². The Balaban J connectivity index is 1.20. The number of anilines is 2. The van der Waals surface area contributed by atoms with E-state index >= 15 is 0 Å². The third-order valence-electron chi connectivity index (χ3n) is 5.74. The Morgan fingerprint density at radius 1 is 0.929 bits per heavy atom. The molecule has 1 saturated heterocycles. The van der Waals surface area contributed by atoms with E-state index in [0.29, 0.717) is 0 Å². The topological polar surface area (TPSA) is 35.6 Å². The van der Waals surface area contributed by atoms with Gasteiger partial charge in [0.2, 0.25) is 5.91 Å². The van der Waals surface area contributed by atoms with E-state index in [1.165, 1.54) is 24.3 Å². The molecular weight excluding hydrogens is 360 g/mol. The monoisotopic (exact) mass is 385 g/mol. The highest BCUT2D eigenvalue weighted by atomic mass is 19.1. The van der Waals surface area contributed by atoms with Crippen molar-refractivity contribution in [2.75, 3.05) is 42.9 Å². The predicted octanol–water partition coefficient (Wildman–Crippen LogP) is 3.99. The molecule has 1 N–H and O–H groups in total. The van der Waals surface area contributed by atoms with Crippen LogP contribution in [0.25, 0.3) is 0 Å². The first-order valence-electron chi connectivity index (χ1n) is 9.93. The maximum atomic E-state index is 13.5. The first-order valence-corrected chi connectivity index (χ1v) is 9.93. The summed E-state index contributed by atoms with van der Waals surface area (Å²) in [5, 5.41) is 2.84. The number of carbonyl (C=O) groups excluding carboxylic acids is 1. The van der Waals surface area contributed by atoms with Crippen LogP contribution in [0.2, 0.25) is 0 Å². The predicted molar refractivity (Wildman–Crippen MR) is 107 cm³/mol. The maximum Gasteiger partial charge on any atom is 0.232 e. The van der Waals surface area contributed by atoms with Crippen LogP contribution in [0, 0.1) is 11.6 Å². The summed E-state index contributed by atoms with van der Waals surface area (Å²) in [6.45, 7) is 4.83. The molecular formula is C22H25F2N3O. The number of piperazine rings is 1. The van der Waals surface area contributed by atoms with Crippen molar-refractivity contribution in [3.05, 3.63) is 59.7 Å². The molecule has 0 bridgehead atoms. The van der Waals surface area contributed by atoms with Gasteiger partial charge < -0.3 is 10.2 Å². The average molecular weight is 385 g/mol. The Kier molecular flexibility index (Phi) is 5.57. The molecule has 1 unspecified atom stereocenters. The van der Waals surface area contributed by atoms with Crippen LogP contribution in [0.4, 0.5) is 20.2 Å². The van der Waals surface area contributed by atoms with Crippen molar-refractivity contribution in [3.8, 4) is 0 Å². The number of benzene rings is 2. The van der Waals surface area contributed by atoms with Crippen molar-refractivity contribution in [1.82, 2.24) is 4.90 Å². The lowest BCUT2D eigenvalue weighted by atomic mass is 9.95. The minimum Gasteiger partial charge on any atom is -0.369 e. The number of nitrogens with one attached hydrogen (secondary N) is 1. The van der Waals surface area contributed by atoms with E-state index < -0.39 is 0 Å². The number of amides is 1. The summed E-state index contributed by atoms with van der Waals surface area (Å²) in [6, 6.07) is 11.2. The number of hydrogen-bond donors (Lipinski definition) is 1. The van der Waals surface area contributed by atoms with Gasteiger partial charge in [-0.1, -0.05) is 6.42 Å². The van der Waals surface area contributed by atoms with E-state index in [1.54, 1.807) is 6.07 Å². The van der Waals surface area contributed by atoms with E-state index in [4.69, 9.17) is 0 Å². The molecule has 1 amide bonds. The summed E-state index contributed by atoms with van der Waals surface area (Å²) in [5.74, 6) is -0.752. The molecule has 1 atom stereocenters. The van der Waals surface area contributed by atoms with Gasteiger partial charge in [-0.3, -0.25) is 9.69 Å². The second-order valence-electron chi connectivity index (χ2n) is 7.57. The Morgan fingerprint density at radius 2 is 1.64 bits per heavy atom. The molecule has 2 aromatic rings. The van der Waals surface area contributed by atoms with Crippen LogP contribution in [0.5, 0.6) is 0 Å². The van der Waals surface area contributed by atoms with E-state index in [-0.39, 0.29) is 23.5 Å². The zero-order valence-corrected chi connectivity index (χ0v) is 15.8. The van der Waals surface area contributed by atoms with Gasteiger partial charge in [0.15, 0.2) is 0 Å². The first-order chi connectivity index (χ1) is 13.6. The Bertz CT molecular complexity index is 832. The number of carbonyl (C=O) groups is 1. The van der Waals surface area contributed by atoms with Gasteiger partial charge in [-0.15, -0.1) is 0 Å². The number of fused-ring (bicyclic) bond motifs is 1. The molecule has 2 heterocycles. The van der Waals surface area contributed by atoms with Crippen LogP contribution >= 0.6 is 0 Å². The van der Waals surface area contributed by atoms with Crippen molar-refractivity contribution in [3.63, 3.8) is 0 Å². The zero-order valence-electron chi connectivity index (χ0n) is 15.8. The van der Waals surface area contributed by atoms with Crippen molar-refractivity contribution < 1.29 is 13.6 Å². The second kappa shape index (κ2) is 8.27. The molecule has 2 aliphatic heterocycles. The normalized spacial score (nSPS) is 19.6. The average Bonchev–Trinajstić information content (AvgIpc) is 3.01. The quantitative estimate of drug-likeness (QED) is 0.764. The lowest BCUT2D eigenvalue weighted by Crippen LogP contribution is -2.46. The van der Waals surface area contributed by atoms with Gasteiger partial charge in [0.25, 0.3) is 0 Å². The zero-order chi connectivity index (χ0) is 19.5. The highest BCUT2D eigenvalue weighted by Gasteiger charge is 2.30. The third kappa shape index (κ3) is 4.17. The second-order valence-corrected chi connectivity index (χ2v) is 7.57. The summed E-state index contributed by atoms with van der Waals surface area (Å²) >= 11 is 0. The highest BCUT2D eigenvalue weighted by Crippen LogP contribution is 2.36. The molecule has 148 valence electrons. The van der Waals surface area contributed by atoms with Crippen LogP contribution in [0.15, 0.2) is 42.5 Å². The summed E-state index contributed by atoms with van der Waals surface area (Å²) in [4.78, 5) is 16.9. The number of hydrogen-bond acceptors (Lipinski definition) is 3. The number of rotatable bonds is 6. The Morgan fingerprint density at radius 3 is 2.39 bits per heavy atom. The van der Waals surface area contributed by atoms with Gasteiger partial charge in [0.05, 0.1) is 5.92 Å². The van der Waals surface area contributed by atoms with E-state index in [9.17, 15) is 13.6 Å². The third-order valence-corrected chi connectivity index (χ3v) is 5.74. The molecule has 4 nitrogen and oxygen atoms in total. The fraction of sp³-hybridized carbons (Fsp3) is 0.409. The van der Waals surface area contributed by atoms with Gasteiger partial charge in [0, 0.05) is 37.6 Å². The van der Waals surface area contributed by atoms with Crippen LogP contribution in [-0.4, -0.2) is 43.5 Å². The Hall–Kier alpha value is -2.47. The van der Waals surface area contributed by atoms with E-state index in [0.717, 1.165) is 68.9 Å². The van der Waals surface area contributed by atoms with Crippen LogP contribution in [0.1, 0.15) is 30.7 Å². The maximum absolute atomic E-state index is 13.5. The summed E-state index contributed by atoms with van der Waals surface area (Å²) in [7, 11) is 0. The molecule has 0 radical (unpaired) electrons. The standard InChI is InChI=1S/C22H25F2N3O/c23-16-4-7-18(8-5-16)27-13-11-26(12-14-27)10-2-1-3-19-20-15-17(24)6-9-21(20)25-22(19)28/h4-9,15,19H,1-3,10-14H2,(H,25,28). The minimum atomic E-state index is -0.292. The first kappa shape index (κ1) is 18.9. The van der Waals surface area contributed by atoms with Gasteiger partial charge in [-0.25, -0.2) is 8.78 Å². The van der Waals surface area contributed by atoms with Crippen molar-refractivity contribution in [1.29, 1.82) is 0 Å². The fourth-order valence-electron chi connectivity index (χ4n) is 4.15. The smallest absolute Gasteiger partial charge is 0.232 e. The summed E-state index contributed by atoms with van der Waals surface area (Å²) in [6.07, 6.45) is 2.70. The molecule has 6 heteroatoms. The number of unbranched alkanes of at least 4 members (excludes halogenated alkanes) is 1. The molecule has 2 aromatic carbocycles. The van der Waals surface area contributed by atoms with Crippen LogP contribution in [-0.2, 0) is 4.79 Å². The van der Waals surface area contributed by atoms with Gasteiger partial charge in [-0.2, -0.15) is 0 Å². The molecule has 1 fully saturated rings. The van der Waals surface area contributed by atoms with Crippen LogP contribution in [0.3, 0.4) is 0 Å². The largest absolute Gasteiger partial charge is 0.369 e. The molecule has 0 spiro atoms. The van der Waals surface area contributed by atoms with Gasteiger partial charge in [0.1, 0.15) is 11.6 Å². The molecule has 28 heavy (non-hydrogen) atoms.